The summed E-state index contributed by atoms with van der Waals surface area (Å²) in [6.07, 6.45) is 3.10. The largest absolute Gasteiger partial charge is 0.453 e. The first-order valence-electron chi connectivity index (χ1n) is 13.1. The zero-order valence-corrected chi connectivity index (χ0v) is 23.1. The summed E-state index contributed by atoms with van der Waals surface area (Å²) < 4.78 is 40.6. The minimum Gasteiger partial charge on any atom is -0.453 e. The fraction of sp³-hybridized carbons (Fsp3) is 0.207. The summed E-state index contributed by atoms with van der Waals surface area (Å²) >= 11 is 0. The highest BCUT2D eigenvalue weighted by atomic mass is 19.1. The van der Waals surface area contributed by atoms with Gasteiger partial charge in [0, 0.05) is 43.9 Å². The molecule has 0 aliphatic rings. The summed E-state index contributed by atoms with van der Waals surface area (Å²) in [5.74, 6) is -1.58. The number of methoxy groups -OCH3 is 1. The number of aliphatic hydroxyl groups is 1. The number of benzene rings is 2. The van der Waals surface area contributed by atoms with E-state index in [2.05, 4.69) is 30.9 Å². The summed E-state index contributed by atoms with van der Waals surface area (Å²) in [6.45, 7) is 2.05. The van der Waals surface area contributed by atoms with Crippen LogP contribution in [-0.2, 0) is 4.74 Å². The second kappa shape index (κ2) is 12.3. The van der Waals surface area contributed by atoms with Crippen molar-refractivity contribution in [1.29, 1.82) is 0 Å². The molecular formula is C29H27F2N7O5. The first-order valence-corrected chi connectivity index (χ1v) is 13.1. The Balaban J connectivity index is 1.36. The van der Waals surface area contributed by atoms with Gasteiger partial charge in [0.15, 0.2) is 23.0 Å². The molecule has 14 heteroatoms. The number of carbonyl (C=O) groups excluding carboxylic acids is 1. The van der Waals surface area contributed by atoms with Crippen molar-refractivity contribution < 1.29 is 28.2 Å². The summed E-state index contributed by atoms with van der Waals surface area (Å²) in [7, 11) is 1.55. The standard InChI is InChI=1S/C29H27F2N7O5/c1-29(11-14-39,16-42-2)35-26-24-23(10-12-32-25(24)36-37-26)43-22-8-5-18(15-21(22)31)34-27(40)20-9-13-33-38(28(20)41)19-6-3-17(30)4-7-19/h3-10,12-13,15,39H,11,14,16H2,1-2H3,(H,34,40)(H2,32,35,36,37)/t29-/m0/s1. The van der Waals surface area contributed by atoms with Crippen molar-refractivity contribution in [2.75, 3.05) is 31.0 Å². The summed E-state index contributed by atoms with van der Waals surface area (Å²) in [6, 6.07) is 11.6. The number of aliphatic hydroxyl groups excluding tert-OH is 1. The molecule has 222 valence electrons. The van der Waals surface area contributed by atoms with Crippen LogP contribution in [0.25, 0.3) is 16.7 Å². The monoisotopic (exact) mass is 591 g/mol. The van der Waals surface area contributed by atoms with Crippen LogP contribution in [0.4, 0.5) is 20.3 Å². The number of aromatic amines is 1. The molecule has 2 aromatic carbocycles. The normalized spacial score (nSPS) is 12.6. The number of anilines is 2. The molecule has 0 aliphatic heterocycles. The van der Waals surface area contributed by atoms with Crippen molar-refractivity contribution >= 4 is 28.4 Å². The molecule has 0 radical (unpaired) electrons. The van der Waals surface area contributed by atoms with Gasteiger partial charge < -0.3 is 25.2 Å². The third-order valence-electron chi connectivity index (χ3n) is 6.54. The number of rotatable bonds is 11. The number of amides is 1. The van der Waals surface area contributed by atoms with Crippen LogP contribution in [-0.4, -0.2) is 61.8 Å². The average molecular weight is 592 g/mol. The van der Waals surface area contributed by atoms with Gasteiger partial charge in [0.1, 0.15) is 22.5 Å². The number of fused-ring (bicyclic) bond motifs is 1. The van der Waals surface area contributed by atoms with E-state index in [1.807, 2.05) is 6.92 Å². The van der Waals surface area contributed by atoms with Gasteiger partial charge in [0.25, 0.3) is 11.5 Å². The Labute approximate surface area is 243 Å². The molecule has 12 nitrogen and oxygen atoms in total. The fourth-order valence-electron chi connectivity index (χ4n) is 4.45. The van der Waals surface area contributed by atoms with Crippen LogP contribution in [0.1, 0.15) is 23.7 Å². The number of carbonyl (C=O) groups is 1. The maximum Gasteiger partial charge on any atom is 0.284 e. The number of hydrogen-bond acceptors (Lipinski definition) is 9. The van der Waals surface area contributed by atoms with Gasteiger partial charge in [-0.05, 0) is 55.8 Å². The maximum absolute atomic E-state index is 15.2. The first-order chi connectivity index (χ1) is 20.7. The van der Waals surface area contributed by atoms with Crippen LogP contribution in [0, 0.1) is 11.6 Å². The Morgan fingerprint density at radius 2 is 1.88 bits per heavy atom. The van der Waals surface area contributed by atoms with Gasteiger partial charge in [-0.25, -0.2) is 13.8 Å². The second-order valence-electron chi connectivity index (χ2n) is 9.84. The molecular weight excluding hydrogens is 564 g/mol. The molecule has 0 saturated heterocycles. The summed E-state index contributed by atoms with van der Waals surface area (Å²) in [4.78, 5) is 30.1. The lowest BCUT2D eigenvalue weighted by molar-refractivity contribution is 0.102. The van der Waals surface area contributed by atoms with E-state index in [-0.39, 0.29) is 41.7 Å². The Bertz CT molecular complexity index is 1820. The first kappa shape index (κ1) is 29.3. The van der Waals surface area contributed by atoms with Crippen molar-refractivity contribution in [3.05, 3.63) is 94.5 Å². The highest BCUT2D eigenvalue weighted by molar-refractivity contribution is 6.04. The molecule has 0 bridgehead atoms. The van der Waals surface area contributed by atoms with E-state index in [1.165, 1.54) is 54.9 Å². The molecule has 5 aromatic rings. The van der Waals surface area contributed by atoms with Crippen molar-refractivity contribution in [3.8, 4) is 17.2 Å². The van der Waals surface area contributed by atoms with Crippen LogP contribution >= 0.6 is 0 Å². The molecule has 1 amide bonds. The Morgan fingerprint density at radius 3 is 2.60 bits per heavy atom. The SMILES string of the molecule is COC[C@](C)(CCO)Nc1n[nH]c2nccc(Oc3ccc(NC(=O)c4ccnn(-c5ccc(F)cc5)c4=O)cc3F)c12. The molecule has 43 heavy (non-hydrogen) atoms. The predicted molar refractivity (Wildman–Crippen MR) is 154 cm³/mol. The third-order valence-corrected chi connectivity index (χ3v) is 6.54. The molecule has 4 N–H and O–H groups in total. The number of nitrogens with one attached hydrogen (secondary N) is 3. The van der Waals surface area contributed by atoms with Gasteiger partial charge in [0.05, 0.1) is 17.8 Å². The van der Waals surface area contributed by atoms with Crippen molar-refractivity contribution in [2.45, 2.75) is 18.9 Å². The van der Waals surface area contributed by atoms with Gasteiger partial charge in [-0.2, -0.15) is 14.9 Å². The van der Waals surface area contributed by atoms with Gasteiger partial charge >= 0.3 is 0 Å². The molecule has 1 atom stereocenters. The molecule has 0 spiro atoms. The van der Waals surface area contributed by atoms with E-state index in [1.54, 1.807) is 13.2 Å². The van der Waals surface area contributed by atoms with Crippen LogP contribution in [0.2, 0.25) is 0 Å². The highest BCUT2D eigenvalue weighted by Gasteiger charge is 2.27. The third kappa shape index (κ3) is 6.34. The smallest absolute Gasteiger partial charge is 0.284 e. The van der Waals surface area contributed by atoms with Gasteiger partial charge in [-0.15, -0.1) is 0 Å². The zero-order chi connectivity index (χ0) is 30.6. The van der Waals surface area contributed by atoms with E-state index < -0.39 is 28.6 Å². The van der Waals surface area contributed by atoms with Gasteiger partial charge in [-0.1, -0.05) is 0 Å². The lowest BCUT2D eigenvalue weighted by Gasteiger charge is -2.29. The lowest BCUT2D eigenvalue weighted by Crippen LogP contribution is -2.40. The minimum absolute atomic E-state index is 0.0734. The Hall–Kier alpha value is -5.21. The topological polar surface area (TPSA) is 156 Å². The number of nitrogens with zero attached hydrogens (tertiary/aromatic N) is 4. The quantitative estimate of drug-likeness (QED) is 0.178. The van der Waals surface area contributed by atoms with E-state index in [0.717, 1.165) is 10.7 Å². The molecule has 0 fully saturated rings. The van der Waals surface area contributed by atoms with Crippen molar-refractivity contribution in [3.63, 3.8) is 0 Å². The molecule has 0 aliphatic carbocycles. The lowest BCUT2D eigenvalue weighted by atomic mass is 9.99. The van der Waals surface area contributed by atoms with Crippen LogP contribution in [0.5, 0.6) is 11.5 Å². The number of H-pyrrole nitrogens is 1. The van der Waals surface area contributed by atoms with E-state index in [0.29, 0.717) is 23.3 Å². The molecule has 5 rings (SSSR count). The summed E-state index contributed by atoms with van der Waals surface area (Å²) in [5, 5.41) is 26.8. The van der Waals surface area contributed by atoms with Gasteiger partial charge in [-0.3, -0.25) is 14.7 Å². The fourth-order valence-corrected chi connectivity index (χ4v) is 4.45. The molecule has 0 saturated carbocycles. The van der Waals surface area contributed by atoms with E-state index in [4.69, 9.17) is 9.47 Å². The van der Waals surface area contributed by atoms with Crippen LogP contribution in [0.3, 0.4) is 0 Å². The van der Waals surface area contributed by atoms with Crippen LogP contribution in [0.15, 0.2) is 71.8 Å². The van der Waals surface area contributed by atoms with E-state index in [9.17, 15) is 19.1 Å². The van der Waals surface area contributed by atoms with Gasteiger partial charge in [0.2, 0.25) is 0 Å². The minimum atomic E-state index is -0.789. The number of pyridine rings is 1. The number of hydrogen-bond donors (Lipinski definition) is 4. The molecule has 3 heterocycles. The predicted octanol–water partition coefficient (Wildman–Crippen LogP) is 4.03. The average Bonchev–Trinajstić information content (AvgIpc) is 3.38. The zero-order valence-electron chi connectivity index (χ0n) is 23.1. The van der Waals surface area contributed by atoms with Crippen molar-refractivity contribution in [1.82, 2.24) is 25.0 Å². The Kier molecular flexibility index (Phi) is 8.41. The van der Waals surface area contributed by atoms with Crippen LogP contribution < -0.4 is 20.9 Å². The highest BCUT2D eigenvalue weighted by Crippen LogP contribution is 2.35. The number of aromatic nitrogens is 5. The maximum atomic E-state index is 15.2. The summed E-state index contributed by atoms with van der Waals surface area (Å²) in [5.41, 5.74) is -0.923. The van der Waals surface area contributed by atoms with E-state index >= 15 is 4.39 Å². The molecule has 3 aromatic heterocycles. The second-order valence-corrected chi connectivity index (χ2v) is 9.84. The number of halogens is 2. The Morgan fingerprint density at radius 1 is 1.09 bits per heavy atom. The number of ether oxygens (including phenoxy) is 2. The van der Waals surface area contributed by atoms with Crippen molar-refractivity contribution in [2.24, 2.45) is 0 Å². The molecule has 0 unspecified atom stereocenters.